The van der Waals surface area contributed by atoms with E-state index in [0.29, 0.717) is 0 Å². The highest BCUT2D eigenvalue weighted by molar-refractivity contribution is 5.66. The molecule has 0 aliphatic rings. The smallest absolute Gasteiger partial charge is 0.303 e. The largest absolute Gasteiger partial charge is 0.481 e. The van der Waals surface area contributed by atoms with E-state index >= 15 is 0 Å². The monoisotopic (exact) mass is 132 g/mol. The van der Waals surface area contributed by atoms with Gasteiger partial charge in [-0.15, -0.1) is 0 Å². The van der Waals surface area contributed by atoms with Crippen molar-refractivity contribution >= 4 is 5.97 Å². The third-order valence-electron chi connectivity index (χ3n) is 0.583. The summed E-state index contributed by atoms with van der Waals surface area (Å²) in [5.41, 5.74) is 0. The van der Waals surface area contributed by atoms with Crippen LogP contribution in [0.2, 0.25) is 0 Å². The molecule has 0 aliphatic carbocycles. The van der Waals surface area contributed by atoms with Gasteiger partial charge in [0, 0.05) is 6.42 Å². The number of carboxylic acids is 1. The van der Waals surface area contributed by atoms with Gasteiger partial charge in [0.15, 0.2) is 0 Å². The standard InChI is InChI=1S/C5H10O2.C2H6/c1-4(2)3-5(6)7;1-2/h4H,3H2,1-2H3,(H,6,7);1-2H3. The highest BCUT2D eigenvalue weighted by Crippen LogP contribution is 1.96. The third-order valence-corrected chi connectivity index (χ3v) is 0.583. The molecule has 0 spiro atoms. The van der Waals surface area contributed by atoms with Crippen LogP contribution in [-0.4, -0.2) is 11.1 Å². The summed E-state index contributed by atoms with van der Waals surface area (Å²) in [4.78, 5) is 9.81. The quantitative estimate of drug-likeness (QED) is 0.625. The lowest BCUT2D eigenvalue weighted by atomic mass is 10.1. The molecule has 0 rings (SSSR count). The van der Waals surface area contributed by atoms with Gasteiger partial charge in [-0.1, -0.05) is 27.7 Å². The van der Waals surface area contributed by atoms with Crippen LogP contribution in [0.1, 0.15) is 34.1 Å². The summed E-state index contributed by atoms with van der Waals surface area (Å²) >= 11 is 0. The molecular weight excluding hydrogens is 116 g/mol. The van der Waals surface area contributed by atoms with Crippen molar-refractivity contribution < 1.29 is 9.90 Å². The molecular formula is C7H16O2. The van der Waals surface area contributed by atoms with Crippen LogP contribution in [0.5, 0.6) is 0 Å². The number of rotatable bonds is 2. The van der Waals surface area contributed by atoms with E-state index < -0.39 is 5.97 Å². The molecule has 0 bridgehead atoms. The molecule has 0 saturated heterocycles. The van der Waals surface area contributed by atoms with Crippen LogP contribution in [0.4, 0.5) is 0 Å². The van der Waals surface area contributed by atoms with Crippen LogP contribution in [-0.2, 0) is 4.79 Å². The predicted molar refractivity (Wildman–Crippen MR) is 38.4 cm³/mol. The van der Waals surface area contributed by atoms with E-state index in [9.17, 15) is 4.79 Å². The molecule has 0 radical (unpaired) electrons. The summed E-state index contributed by atoms with van der Waals surface area (Å²) in [6.45, 7) is 7.77. The average Bonchev–Trinajstić information content (AvgIpc) is 1.68. The fourth-order valence-electron chi connectivity index (χ4n) is 0.349. The summed E-state index contributed by atoms with van der Waals surface area (Å²) < 4.78 is 0. The zero-order chi connectivity index (χ0) is 7.86. The SMILES string of the molecule is CC.CC(C)CC(=O)O. The van der Waals surface area contributed by atoms with Gasteiger partial charge in [-0.3, -0.25) is 4.79 Å². The van der Waals surface area contributed by atoms with Gasteiger partial charge in [0.05, 0.1) is 0 Å². The zero-order valence-corrected chi connectivity index (χ0v) is 6.64. The van der Waals surface area contributed by atoms with E-state index in [-0.39, 0.29) is 12.3 Å². The number of aliphatic carboxylic acids is 1. The first-order valence-electron chi connectivity index (χ1n) is 3.34. The molecule has 1 N–H and O–H groups in total. The summed E-state index contributed by atoms with van der Waals surface area (Å²) in [6, 6.07) is 0. The molecule has 0 atom stereocenters. The van der Waals surface area contributed by atoms with Gasteiger partial charge in [0.25, 0.3) is 0 Å². The molecule has 0 unspecified atom stereocenters. The Balaban J connectivity index is 0. The molecule has 0 fully saturated rings. The highest BCUT2D eigenvalue weighted by atomic mass is 16.4. The van der Waals surface area contributed by atoms with E-state index in [2.05, 4.69) is 0 Å². The van der Waals surface area contributed by atoms with Gasteiger partial charge in [-0.25, -0.2) is 0 Å². The zero-order valence-electron chi connectivity index (χ0n) is 6.64. The minimum Gasteiger partial charge on any atom is -0.481 e. The maximum atomic E-state index is 9.81. The first kappa shape index (κ1) is 11.3. The normalized spacial score (nSPS) is 8.11. The Bertz CT molecular complexity index is 67.3. The second kappa shape index (κ2) is 7.47. The van der Waals surface area contributed by atoms with Crippen LogP contribution in [0, 0.1) is 5.92 Å². The summed E-state index contributed by atoms with van der Waals surface area (Å²) in [7, 11) is 0. The van der Waals surface area contributed by atoms with Gasteiger partial charge in [0.1, 0.15) is 0 Å². The Hall–Kier alpha value is -0.530. The molecule has 0 aromatic heterocycles. The van der Waals surface area contributed by atoms with Crippen molar-refractivity contribution in [2.24, 2.45) is 5.92 Å². The minimum absolute atomic E-state index is 0.275. The molecule has 56 valence electrons. The van der Waals surface area contributed by atoms with Crippen molar-refractivity contribution in [3.05, 3.63) is 0 Å². The van der Waals surface area contributed by atoms with Crippen LogP contribution in [0.25, 0.3) is 0 Å². The predicted octanol–water partition coefficient (Wildman–Crippen LogP) is 2.14. The molecule has 0 aromatic rings. The molecule has 0 heterocycles. The average molecular weight is 132 g/mol. The molecule has 9 heavy (non-hydrogen) atoms. The van der Waals surface area contributed by atoms with E-state index in [4.69, 9.17) is 5.11 Å². The summed E-state index contributed by atoms with van der Waals surface area (Å²) in [5.74, 6) is -0.438. The lowest BCUT2D eigenvalue weighted by molar-refractivity contribution is -0.137. The van der Waals surface area contributed by atoms with Gasteiger partial charge >= 0.3 is 5.97 Å². The molecule has 0 aromatic carbocycles. The van der Waals surface area contributed by atoms with E-state index in [0.717, 1.165) is 0 Å². The maximum Gasteiger partial charge on any atom is 0.303 e. The summed E-state index contributed by atoms with van der Waals surface area (Å²) in [6.07, 6.45) is 0.278. The fraction of sp³-hybridized carbons (Fsp3) is 0.857. The first-order chi connectivity index (χ1) is 4.13. The number of hydrogen-bond donors (Lipinski definition) is 1. The number of carbonyl (C=O) groups is 1. The summed E-state index contributed by atoms with van der Waals surface area (Å²) in [5, 5.41) is 8.08. The topological polar surface area (TPSA) is 37.3 Å². The van der Waals surface area contributed by atoms with Crippen molar-refractivity contribution in [2.75, 3.05) is 0 Å². The van der Waals surface area contributed by atoms with E-state index in [1.807, 2.05) is 27.7 Å². The van der Waals surface area contributed by atoms with Crippen molar-refractivity contribution in [1.82, 2.24) is 0 Å². The van der Waals surface area contributed by atoms with E-state index in [1.54, 1.807) is 0 Å². The lowest BCUT2D eigenvalue weighted by Gasteiger charge is -1.94. The van der Waals surface area contributed by atoms with Gasteiger partial charge < -0.3 is 5.11 Å². The van der Waals surface area contributed by atoms with Crippen molar-refractivity contribution in [3.8, 4) is 0 Å². The lowest BCUT2D eigenvalue weighted by Crippen LogP contribution is -1.99. The third kappa shape index (κ3) is 18.6. The van der Waals surface area contributed by atoms with Gasteiger partial charge in [-0.05, 0) is 5.92 Å². The van der Waals surface area contributed by atoms with Crippen molar-refractivity contribution in [2.45, 2.75) is 34.1 Å². The second-order valence-electron chi connectivity index (χ2n) is 1.99. The minimum atomic E-state index is -0.713. The van der Waals surface area contributed by atoms with E-state index in [1.165, 1.54) is 0 Å². The molecule has 0 saturated carbocycles. The Morgan fingerprint density at radius 2 is 1.78 bits per heavy atom. The Morgan fingerprint density at radius 3 is 1.78 bits per heavy atom. The molecule has 0 aliphatic heterocycles. The maximum absolute atomic E-state index is 9.81. The van der Waals surface area contributed by atoms with Crippen LogP contribution >= 0.6 is 0 Å². The highest BCUT2D eigenvalue weighted by Gasteiger charge is 1.98. The molecule has 2 heteroatoms. The molecule has 0 amide bonds. The molecule has 2 nitrogen and oxygen atoms in total. The Kier molecular flexibility index (Phi) is 9.37. The number of carboxylic acid groups (broad SMARTS) is 1. The Morgan fingerprint density at radius 1 is 1.44 bits per heavy atom. The van der Waals surface area contributed by atoms with Crippen LogP contribution in [0.15, 0.2) is 0 Å². The fourth-order valence-corrected chi connectivity index (χ4v) is 0.349. The van der Waals surface area contributed by atoms with Crippen LogP contribution in [0.3, 0.4) is 0 Å². The van der Waals surface area contributed by atoms with Gasteiger partial charge in [0.2, 0.25) is 0 Å². The van der Waals surface area contributed by atoms with Crippen molar-refractivity contribution in [3.63, 3.8) is 0 Å². The van der Waals surface area contributed by atoms with Crippen molar-refractivity contribution in [1.29, 1.82) is 0 Å². The first-order valence-corrected chi connectivity index (χ1v) is 3.34. The second-order valence-corrected chi connectivity index (χ2v) is 1.99. The van der Waals surface area contributed by atoms with Gasteiger partial charge in [-0.2, -0.15) is 0 Å². The number of hydrogen-bond acceptors (Lipinski definition) is 1. The van der Waals surface area contributed by atoms with Crippen LogP contribution < -0.4 is 0 Å². The Labute approximate surface area is 56.9 Å².